The number of hydrazine groups is 1. The predicted octanol–water partition coefficient (Wildman–Crippen LogP) is 0.806. The summed E-state index contributed by atoms with van der Waals surface area (Å²) >= 11 is 0. The summed E-state index contributed by atoms with van der Waals surface area (Å²) in [7, 11) is 3.09. The Morgan fingerprint density at radius 1 is 1.33 bits per heavy atom. The zero-order valence-corrected chi connectivity index (χ0v) is 10.0. The molecule has 0 saturated carbocycles. The summed E-state index contributed by atoms with van der Waals surface area (Å²) < 4.78 is 37.2. The normalized spacial score (nSPS) is 13.2. The Kier molecular flexibility index (Phi) is 6.45. The van der Waals surface area contributed by atoms with Crippen LogP contribution in [-0.2, 0) is 4.79 Å². The average molecular weight is 271 g/mol. The molecule has 0 aromatic rings. The molecule has 0 radical (unpaired) electrons. The van der Waals surface area contributed by atoms with E-state index in [0.29, 0.717) is 0 Å². The van der Waals surface area contributed by atoms with Crippen LogP contribution in [0.2, 0.25) is 0 Å². The molecule has 2 amide bonds. The van der Waals surface area contributed by atoms with Gasteiger partial charge in [-0.2, -0.15) is 13.2 Å². The SMILES string of the molecule is CN(C)NC(=O)NCCC(CC(=O)O)C(F)(F)F. The Morgan fingerprint density at radius 2 is 1.89 bits per heavy atom. The zero-order chi connectivity index (χ0) is 14.3. The first-order chi connectivity index (χ1) is 8.12. The van der Waals surface area contributed by atoms with E-state index in [1.54, 1.807) is 14.1 Å². The van der Waals surface area contributed by atoms with Crippen LogP contribution in [0.15, 0.2) is 0 Å². The molecule has 0 bridgehead atoms. The molecule has 0 aliphatic carbocycles. The maximum absolute atomic E-state index is 12.4. The van der Waals surface area contributed by atoms with Crippen LogP contribution in [-0.4, -0.2) is 48.9 Å². The molecular formula is C9H16F3N3O3. The Morgan fingerprint density at radius 3 is 2.28 bits per heavy atom. The van der Waals surface area contributed by atoms with Gasteiger partial charge >= 0.3 is 18.2 Å². The van der Waals surface area contributed by atoms with Crippen molar-refractivity contribution >= 4 is 12.0 Å². The maximum atomic E-state index is 12.4. The number of hydrogen-bond acceptors (Lipinski definition) is 3. The van der Waals surface area contributed by atoms with Crippen LogP contribution >= 0.6 is 0 Å². The first-order valence-corrected chi connectivity index (χ1v) is 5.13. The molecule has 9 heteroatoms. The number of halogens is 3. The Balaban J connectivity index is 4.12. The molecule has 18 heavy (non-hydrogen) atoms. The van der Waals surface area contributed by atoms with Crippen molar-refractivity contribution in [3.63, 3.8) is 0 Å². The molecule has 0 aliphatic rings. The van der Waals surface area contributed by atoms with E-state index in [4.69, 9.17) is 5.11 Å². The Hall–Kier alpha value is -1.51. The molecule has 0 aliphatic heterocycles. The monoisotopic (exact) mass is 271 g/mol. The van der Waals surface area contributed by atoms with E-state index in [0.717, 1.165) is 0 Å². The number of alkyl halides is 3. The second-order valence-electron chi connectivity index (χ2n) is 3.89. The number of nitrogens with zero attached hydrogens (tertiary/aromatic N) is 1. The molecule has 0 saturated heterocycles. The van der Waals surface area contributed by atoms with Crippen molar-refractivity contribution in [1.29, 1.82) is 0 Å². The van der Waals surface area contributed by atoms with Gasteiger partial charge in [0.25, 0.3) is 0 Å². The number of rotatable bonds is 6. The van der Waals surface area contributed by atoms with E-state index >= 15 is 0 Å². The molecule has 0 rings (SSSR count). The van der Waals surface area contributed by atoms with Crippen LogP contribution in [0.4, 0.5) is 18.0 Å². The largest absolute Gasteiger partial charge is 0.481 e. The van der Waals surface area contributed by atoms with E-state index in [2.05, 4.69) is 10.7 Å². The summed E-state index contributed by atoms with van der Waals surface area (Å²) in [6.45, 7) is -0.253. The van der Waals surface area contributed by atoms with Gasteiger partial charge in [0, 0.05) is 20.6 Å². The summed E-state index contributed by atoms with van der Waals surface area (Å²) in [5, 5.41) is 11.9. The van der Waals surface area contributed by atoms with Gasteiger partial charge in [-0.05, 0) is 6.42 Å². The second kappa shape index (κ2) is 7.04. The van der Waals surface area contributed by atoms with Crippen molar-refractivity contribution in [1.82, 2.24) is 15.8 Å². The lowest BCUT2D eigenvalue weighted by molar-refractivity contribution is -0.184. The highest BCUT2D eigenvalue weighted by Crippen LogP contribution is 2.31. The van der Waals surface area contributed by atoms with Crippen molar-refractivity contribution in [3.8, 4) is 0 Å². The summed E-state index contributed by atoms with van der Waals surface area (Å²) in [4.78, 5) is 21.3. The third-order valence-electron chi connectivity index (χ3n) is 1.99. The molecule has 0 aromatic heterocycles. The Labute approximate surface area is 102 Å². The third-order valence-corrected chi connectivity index (χ3v) is 1.99. The summed E-state index contributed by atoms with van der Waals surface area (Å²) in [5.74, 6) is -3.48. The minimum absolute atomic E-state index is 0.253. The topological polar surface area (TPSA) is 81.7 Å². The van der Waals surface area contributed by atoms with Crippen molar-refractivity contribution in [2.24, 2.45) is 5.92 Å². The van der Waals surface area contributed by atoms with E-state index in [-0.39, 0.29) is 6.54 Å². The van der Waals surface area contributed by atoms with Gasteiger partial charge in [0.2, 0.25) is 0 Å². The van der Waals surface area contributed by atoms with Gasteiger partial charge in [0.15, 0.2) is 0 Å². The predicted molar refractivity (Wildman–Crippen MR) is 56.6 cm³/mol. The lowest BCUT2D eigenvalue weighted by Crippen LogP contribution is -2.44. The molecule has 0 fully saturated rings. The molecule has 0 aromatic carbocycles. The fourth-order valence-corrected chi connectivity index (χ4v) is 1.19. The van der Waals surface area contributed by atoms with Crippen molar-refractivity contribution in [3.05, 3.63) is 0 Å². The number of carbonyl (C=O) groups excluding carboxylic acids is 1. The third kappa shape index (κ3) is 7.71. The van der Waals surface area contributed by atoms with Crippen molar-refractivity contribution < 1.29 is 27.9 Å². The van der Waals surface area contributed by atoms with Gasteiger partial charge in [-0.15, -0.1) is 0 Å². The van der Waals surface area contributed by atoms with Gasteiger partial charge in [-0.1, -0.05) is 0 Å². The highest BCUT2D eigenvalue weighted by Gasteiger charge is 2.40. The van der Waals surface area contributed by atoms with Crippen LogP contribution in [0.3, 0.4) is 0 Å². The van der Waals surface area contributed by atoms with Crippen molar-refractivity contribution in [2.45, 2.75) is 19.0 Å². The molecule has 6 nitrogen and oxygen atoms in total. The number of carbonyl (C=O) groups is 2. The fourth-order valence-electron chi connectivity index (χ4n) is 1.19. The number of nitrogens with one attached hydrogen (secondary N) is 2. The zero-order valence-electron chi connectivity index (χ0n) is 10.0. The van der Waals surface area contributed by atoms with Gasteiger partial charge in [0.1, 0.15) is 0 Å². The Bertz CT molecular complexity index is 295. The highest BCUT2D eigenvalue weighted by molar-refractivity contribution is 5.73. The number of carboxylic acids is 1. The first-order valence-electron chi connectivity index (χ1n) is 5.13. The van der Waals surface area contributed by atoms with Gasteiger partial charge in [0.05, 0.1) is 12.3 Å². The second-order valence-corrected chi connectivity index (χ2v) is 3.89. The van der Waals surface area contributed by atoms with Crippen molar-refractivity contribution in [2.75, 3.05) is 20.6 Å². The van der Waals surface area contributed by atoms with E-state index < -0.39 is 36.9 Å². The smallest absolute Gasteiger partial charge is 0.392 e. The number of urea groups is 1. The van der Waals surface area contributed by atoms with Crippen LogP contribution < -0.4 is 10.7 Å². The average Bonchev–Trinajstić information content (AvgIpc) is 2.12. The minimum Gasteiger partial charge on any atom is -0.481 e. The molecule has 3 N–H and O–H groups in total. The number of hydrogen-bond donors (Lipinski definition) is 3. The first kappa shape index (κ1) is 16.5. The number of aliphatic carboxylic acids is 1. The van der Waals surface area contributed by atoms with Gasteiger partial charge < -0.3 is 10.4 Å². The molecule has 1 atom stereocenters. The molecule has 1 unspecified atom stereocenters. The van der Waals surface area contributed by atoms with Gasteiger partial charge in [-0.3, -0.25) is 10.2 Å². The summed E-state index contributed by atoms with van der Waals surface area (Å²) in [6, 6.07) is -0.642. The van der Waals surface area contributed by atoms with Crippen LogP contribution in [0.1, 0.15) is 12.8 Å². The standard InChI is InChI=1S/C9H16F3N3O3/c1-15(2)14-8(18)13-4-3-6(5-7(16)17)9(10,11)12/h6H,3-5H2,1-2H3,(H,16,17)(H2,13,14,18). The fraction of sp³-hybridized carbons (Fsp3) is 0.778. The highest BCUT2D eigenvalue weighted by atomic mass is 19.4. The molecule has 0 spiro atoms. The molecular weight excluding hydrogens is 255 g/mol. The maximum Gasteiger partial charge on any atom is 0.392 e. The molecule has 0 heterocycles. The minimum atomic E-state index is -4.59. The quantitative estimate of drug-likeness (QED) is 0.624. The van der Waals surface area contributed by atoms with E-state index in [1.165, 1.54) is 5.01 Å². The lowest BCUT2D eigenvalue weighted by Gasteiger charge is -2.19. The number of carboxylic acid groups (broad SMARTS) is 1. The lowest BCUT2D eigenvalue weighted by atomic mass is 10.0. The van der Waals surface area contributed by atoms with Crippen LogP contribution in [0, 0.1) is 5.92 Å². The summed E-state index contributed by atoms with van der Waals surface area (Å²) in [6.07, 6.45) is -6.06. The van der Waals surface area contributed by atoms with Crippen LogP contribution in [0.25, 0.3) is 0 Å². The van der Waals surface area contributed by atoms with E-state index in [1.807, 2.05) is 0 Å². The van der Waals surface area contributed by atoms with Crippen LogP contribution in [0.5, 0.6) is 0 Å². The molecule has 106 valence electrons. The van der Waals surface area contributed by atoms with E-state index in [9.17, 15) is 22.8 Å². The van der Waals surface area contributed by atoms with Gasteiger partial charge in [-0.25, -0.2) is 9.80 Å². The summed E-state index contributed by atoms with van der Waals surface area (Å²) in [5.41, 5.74) is 2.28. The number of amides is 2.